The molecule has 1 aromatic carbocycles. The van der Waals surface area contributed by atoms with Gasteiger partial charge in [0, 0.05) is 43.6 Å². The zero-order valence-corrected chi connectivity index (χ0v) is 19.9. The van der Waals surface area contributed by atoms with Gasteiger partial charge in [-0.1, -0.05) is 18.2 Å². The largest absolute Gasteiger partial charge is 0.496 e. The fourth-order valence-electron chi connectivity index (χ4n) is 4.02. The Labute approximate surface area is 192 Å². The molecule has 3 rings (SSSR count). The number of thiazole rings is 1. The van der Waals surface area contributed by atoms with E-state index in [1.54, 1.807) is 36.2 Å². The number of carbonyl (C=O) groups excluding carboxylic acids is 3. The number of imide groups is 1. The number of aromatic nitrogens is 1. The molecule has 1 saturated heterocycles. The predicted octanol–water partition coefficient (Wildman–Crippen LogP) is 2.71. The first-order valence-electron chi connectivity index (χ1n) is 10.4. The SMILES string of the molecule is COCCN1C(=O)CC(CC(=O)N(C)C(C)c2nc(C)cs2)(c2ccccc2OC)C1=O. The lowest BCUT2D eigenvalue weighted by atomic mass is 9.75. The number of aryl methyl sites for hydroxylation is 1. The summed E-state index contributed by atoms with van der Waals surface area (Å²) >= 11 is 1.49. The average Bonchev–Trinajstić information content (AvgIpc) is 3.32. The number of carbonyl (C=O) groups is 3. The van der Waals surface area contributed by atoms with Gasteiger partial charge < -0.3 is 14.4 Å². The van der Waals surface area contributed by atoms with Crippen LogP contribution in [0.3, 0.4) is 0 Å². The van der Waals surface area contributed by atoms with Gasteiger partial charge in [-0.2, -0.15) is 0 Å². The Bertz CT molecular complexity index is 1010. The number of hydrogen-bond donors (Lipinski definition) is 0. The maximum absolute atomic E-state index is 13.6. The second-order valence-electron chi connectivity index (χ2n) is 7.99. The maximum atomic E-state index is 13.6. The quantitative estimate of drug-likeness (QED) is 0.536. The summed E-state index contributed by atoms with van der Waals surface area (Å²) in [7, 11) is 4.72. The predicted molar refractivity (Wildman–Crippen MR) is 121 cm³/mol. The Morgan fingerprint density at radius 3 is 2.66 bits per heavy atom. The van der Waals surface area contributed by atoms with Crippen LogP contribution in [0.4, 0.5) is 0 Å². The van der Waals surface area contributed by atoms with Crippen molar-refractivity contribution in [3.05, 3.63) is 45.9 Å². The van der Waals surface area contributed by atoms with Gasteiger partial charge in [-0.3, -0.25) is 19.3 Å². The van der Waals surface area contributed by atoms with Crippen molar-refractivity contribution in [3.63, 3.8) is 0 Å². The summed E-state index contributed by atoms with van der Waals surface area (Å²) in [6.07, 6.45) is -0.243. The van der Waals surface area contributed by atoms with Gasteiger partial charge >= 0.3 is 0 Å². The molecular formula is C23H29N3O5S. The summed E-state index contributed by atoms with van der Waals surface area (Å²) in [4.78, 5) is 47.2. The Morgan fingerprint density at radius 1 is 1.31 bits per heavy atom. The highest BCUT2D eigenvalue weighted by atomic mass is 32.1. The third-order valence-corrected chi connectivity index (χ3v) is 7.10. The minimum Gasteiger partial charge on any atom is -0.496 e. The van der Waals surface area contributed by atoms with E-state index < -0.39 is 11.3 Å². The molecule has 2 heterocycles. The van der Waals surface area contributed by atoms with E-state index in [9.17, 15) is 14.4 Å². The topological polar surface area (TPSA) is 89.0 Å². The number of benzene rings is 1. The lowest BCUT2D eigenvalue weighted by Gasteiger charge is -2.31. The third kappa shape index (κ3) is 4.40. The van der Waals surface area contributed by atoms with Crippen molar-refractivity contribution in [2.45, 2.75) is 38.1 Å². The Kier molecular flexibility index (Phi) is 7.30. The molecule has 8 nitrogen and oxygen atoms in total. The zero-order valence-electron chi connectivity index (χ0n) is 19.1. The van der Waals surface area contributed by atoms with Crippen LogP contribution in [0.1, 0.15) is 42.1 Å². The number of amides is 3. The monoisotopic (exact) mass is 459 g/mol. The van der Waals surface area contributed by atoms with E-state index in [-0.39, 0.29) is 43.8 Å². The molecule has 172 valence electrons. The van der Waals surface area contributed by atoms with Gasteiger partial charge in [0.2, 0.25) is 17.7 Å². The molecule has 0 bridgehead atoms. The first-order valence-corrected chi connectivity index (χ1v) is 11.3. The van der Waals surface area contributed by atoms with Gasteiger partial charge in [0.05, 0.1) is 31.7 Å². The lowest BCUT2D eigenvalue weighted by molar-refractivity contribution is -0.143. The van der Waals surface area contributed by atoms with E-state index in [2.05, 4.69) is 4.98 Å². The molecule has 9 heteroatoms. The van der Waals surface area contributed by atoms with Gasteiger partial charge in [-0.15, -0.1) is 11.3 Å². The van der Waals surface area contributed by atoms with E-state index in [1.165, 1.54) is 30.5 Å². The molecular weight excluding hydrogens is 430 g/mol. The van der Waals surface area contributed by atoms with Crippen LogP contribution in [-0.4, -0.2) is 66.9 Å². The van der Waals surface area contributed by atoms with Crippen molar-refractivity contribution in [1.29, 1.82) is 0 Å². The molecule has 3 amide bonds. The van der Waals surface area contributed by atoms with Crippen LogP contribution in [0.15, 0.2) is 29.6 Å². The number of rotatable bonds is 9. The molecule has 1 aliphatic rings. The van der Waals surface area contributed by atoms with Crippen LogP contribution in [0.25, 0.3) is 0 Å². The highest BCUT2D eigenvalue weighted by Crippen LogP contribution is 2.44. The smallest absolute Gasteiger partial charge is 0.241 e. The average molecular weight is 460 g/mol. The zero-order chi connectivity index (χ0) is 23.5. The van der Waals surface area contributed by atoms with Crippen LogP contribution in [-0.2, 0) is 24.5 Å². The first kappa shape index (κ1) is 23.9. The van der Waals surface area contributed by atoms with Gasteiger partial charge in [-0.05, 0) is 19.9 Å². The van der Waals surface area contributed by atoms with Crippen LogP contribution in [0, 0.1) is 6.92 Å². The summed E-state index contributed by atoms with van der Waals surface area (Å²) in [5.74, 6) is -0.493. The first-order chi connectivity index (χ1) is 15.2. The fourth-order valence-corrected chi connectivity index (χ4v) is 4.92. The molecule has 1 fully saturated rings. The molecule has 0 radical (unpaired) electrons. The Hall–Kier alpha value is -2.78. The standard InChI is InChI=1S/C23H29N3O5S/c1-15-14-32-21(24-15)16(2)25(3)19(27)12-23(17-8-6-7-9-18(17)31-5)13-20(28)26(22(23)29)10-11-30-4/h6-9,14,16H,10-13H2,1-5H3. The van der Waals surface area contributed by atoms with Crippen LogP contribution < -0.4 is 4.74 Å². The normalized spacial score (nSPS) is 19.3. The second-order valence-corrected chi connectivity index (χ2v) is 8.88. The molecule has 1 aliphatic heterocycles. The minimum atomic E-state index is -1.33. The van der Waals surface area contributed by atoms with Gasteiger partial charge in [-0.25, -0.2) is 4.98 Å². The van der Waals surface area contributed by atoms with E-state index in [0.29, 0.717) is 11.3 Å². The van der Waals surface area contributed by atoms with Crippen LogP contribution >= 0.6 is 11.3 Å². The number of ether oxygens (including phenoxy) is 2. The van der Waals surface area contributed by atoms with E-state index in [1.807, 2.05) is 19.2 Å². The van der Waals surface area contributed by atoms with E-state index in [0.717, 1.165) is 10.7 Å². The van der Waals surface area contributed by atoms with Crippen LogP contribution in [0.5, 0.6) is 5.75 Å². The summed E-state index contributed by atoms with van der Waals surface area (Å²) in [6, 6.07) is 6.81. The van der Waals surface area contributed by atoms with Crippen LogP contribution in [0.2, 0.25) is 0 Å². The molecule has 0 aliphatic carbocycles. The van der Waals surface area contributed by atoms with E-state index in [4.69, 9.17) is 9.47 Å². The summed E-state index contributed by atoms with van der Waals surface area (Å²) < 4.78 is 10.6. The Morgan fingerprint density at radius 2 is 2.03 bits per heavy atom. The van der Waals surface area contributed by atoms with Crippen molar-refractivity contribution < 1.29 is 23.9 Å². The highest BCUT2D eigenvalue weighted by Gasteiger charge is 2.55. The molecule has 0 N–H and O–H groups in total. The Balaban J connectivity index is 1.97. The molecule has 2 atom stereocenters. The maximum Gasteiger partial charge on any atom is 0.241 e. The summed E-state index contributed by atoms with van der Waals surface area (Å²) in [5.41, 5.74) is 0.107. The van der Waals surface area contributed by atoms with Gasteiger partial charge in [0.1, 0.15) is 10.8 Å². The molecule has 0 saturated carbocycles. The number of para-hydroxylation sites is 1. The summed E-state index contributed by atoms with van der Waals surface area (Å²) in [6.45, 7) is 4.18. The number of nitrogens with zero attached hydrogens (tertiary/aromatic N) is 3. The molecule has 2 unspecified atom stereocenters. The summed E-state index contributed by atoms with van der Waals surface area (Å²) in [5, 5.41) is 2.76. The molecule has 1 aromatic heterocycles. The minimum absolute atomic E-state index is 0.0970. The van der Waals surface area contributed by atoms with Crippen molar-refractivity contribution in [2.24, 2.45) is 0 Å². The molecule has 2 aromatic rings. The number of likely N-dealkylation sites (tertiary alicyclic amines) is 1. The van der Waals surface area contributed by atoms with Gasteiger partial charge in [0.15, 0.2) is 0 Å². The number of methoxy groups -OCH3 is 2. The van der Waals surface area contributed by atoms with Crippen molar-refractivity contribution in [3.8, 4) is 5.75 Å². The highest BCUT2D eigenvalue weighted by molar-refractivity contribution is 7.09. The lowest BCUT2D eigenvalue weighted by Crippen LogP contribution is -2.44. The second kappa shape index (κ2) is 9.79. The van der Waals surface area contributed by atoms with Crippen molar-refractivity contribution in [1.82, 2.24) is 14.8 Å². The number of hydrogen-bond acceptors (Lipinski definition) is 7. The third-order valence-electron chi connectivity index (χ3n) is 5.97. The van der Waals surface area contributed by atoms with Crippen molar-refractivity contribution >= 4 is 29.1 Å². The fraction of sp³-hybridized carbons (Fsp3) is 0.478. The van der Waals surface area contributed by atoms with Crippen molar-refractivity contribution in [2.75, 3.05) is 34.4 Å². The van der Waals surface area contributed by atoms with Gasteiger partial charge in [0.25, 0.3) is 0 Å². The molecule has 32 heavy (non-hydrogen) atoms. The molecule has 0 spiro atoms. The van der Waals surface area contributed by atoms with E-state index >= 15 is 0 Å².